The molecule has 2 aromatic carbocycles. The molecule has 1 aliphatic rings. The highest BCUT2D eigenvalue weighted by molar-refractivity contribution is 7.88. The van der Waals surface area contributed by atoms with Crippen molar-refractivity contribution in [3.8, 4) is 11.5 Å². The number of hydrogen-bond donors (Lipinski definition) is 1. The normalized spacial score (nSPS) is 16.4. The molecule has 0 fully saturated rings. The van der Waals surface area contributed by atoms with E-state index in [4.69, 9.17) is 4.42 Å². The van der Waals surface area contributed by atoms with Crippen molar-refractivity contribution in [1.29, 1.82) is 0 Å². The maximum absolute atomic E-state index is 14.8. The molecule has 1 aliphatic heterocycles. The number of amidine groups is 1. The average molecular weight is 549 g/mol. The maximum atomic E-state index is 14.8. The Balaban J connectivity index is 1.49. The lowest BCUT2D eigenvalue weighted by atomic mass is 10.1. The average Bonchev–Trinajstić information content (AvgIpc) is 3.50. The molecule has 0 saturated heterocycles. The molecule has 1 N–H and O–H groups in total. The summed E-state index contributed by atoms with van der Waals surface area (Å²) in [5.74, 6) is -2.22. The van der Waals surface area contributed by atoms with Crippen LogP contribution in [0.2, 0.25) is 0 Å². The van der Waals surface area contributed by atoms with Crippen molar-refractivity contribution in [1.82, 2.24) is 20.0 Å². The van der Waals surface area contributed by atoms with Gasteiger partial charge in [-0.1, -0.05) is 30.3 Å². The number of alkyl halides is 5. The molecule has 0 amide bonds. The summed E-state index contributed by atoms with van der Waals surface area (Å²) in [7, 11) is -3.83. The molecule has 2 heterocycles. The van der Waals surface area contributed by atoms with E-state index in [2.05, 4.69) is 25.5 Å². The smallest absolute Gasteiger partial charge is 0.415 e. The molecule has 0 saturated carbocycles. The Labute approximate surface area is 205 Å². The number of aromatic nitrogens is 2. The van der Waals surface area contributed by atoms with Crippen LogP contribution in [-0.4, -0.2) is 47.4 Å². The van der Waals surface area contributed by atoms with Gasteiger partial charge in [0, 0.05) is 29.8 Å². The van der Waals surface area contributed by atoms with E-state index in [9.17, 15) is 34.8 Å². The topological polar surface area (TPSA) is 110 Å². The fourth-order valence-corrected chi connectivity index (χ4v) is 4.01. The van der Waals surface area contributed by atoms with E-state index in [0.29, 0.717) is 5.56 Å². The minimum absolute atomic E-state index is 0.0146. The number of nitrogens with one attached hydrogen (secondary N) is 1. The fraction of sp³-hybridized carbons (Fsp3) is 0.286. The summed E-state index contributed by atoms with van der Waals surface area (Å²) in [5, 5.41) is 6.61. The van der Waals surface area contributed by atoms with Gasteiger partial charge in [-0.15, -0.1) is 10.2 Å². The van der Waals surface area contributed by atoms with Crippen LogP contribution in [0.25, 0.3) is 11.5 Å². The summed E-state index contributed by atoms with van der Waals surface area (Å²) in [4.78, 5) is 7.82. The first-order valence-corrected chi connectivity index (χ1v) is 12.2. The van der Waals surface area contributed by atoms with Crippen LogP contribution >= 0.6 is 0 Å². The lowest BCUT2D eigenvalue weighted by molar-refractivity contribution is -0.220. The highest BCUT2D eigenvalue weighted by Gasteiger charge is 2.44. The third-order valence-electron chi connectivity index (χ3n) is 5.12. The van der Waals surface area contributed by atoms with Gasteiger partial charge in [0.05, 0.1) is 6.26 Å². The van der Waals surface area contributed by atoms with Gasteiger partial charge in [-0.3, -0.25) is 0 Å². The summed E-state index contributed by atoms with van der Waals surface area (Å²) in [6.45, 7) is -0.544. The predicted molar refractivity (Wildman–Crippen MR) is 116 cm³/mol. The molecule has 3 aromatic rings. The molecule has 0 spiro atoms. The van der Waals surface area contributed by atoms with Crippen molar-refractivity contribution >= 4 is 15.9 Å². The van der Waals surface area contributed by atoms with Crippen molar-refractivity contribution in [2.75, 3.05) is 6.26 Å². The second kappa shape index (κ2) is 10.1. The van der Waals surface area contributed by atoms with Gasteiger partial charge in [0.1, 0.15) is 5.82 Å². The van der Waals surface area contributed by atoms with Gasteiger partial charge in [0.2, 0.25) is 15.9 Å². The molecule has 0 bridgehead atoms. The second-order valence-corrected chi connectivity index (χ2v) is 9.85. The molecular formula is C21H17F6N5O4S. The first kappa shape index (κ1) is 26.6. The van der Waals surface area contributed by atoms with Crippen LogP contribution in [0, 0.1) is 5.82 Å². The summed E-state index contributed by atoms with van der Waals surface area (Å²) in [5.41, 5.74) is 2.86. The highest BCUT2D eigenvalue weighted by atomic mass is 32.2. The maximum Gasteiger partial charge on any atom is 0.437 e. The molecule has 16 heteroatoms. The number of rotatable bonds is 8. The van der Waals surface area contributed by atoms with E-state index < -0.39 is 40.6 Å². The van der Waals surface area contributed by atoms with Crippen molar-refractivity contribution in [2.45, 2.75) is 31.9 Å². The van der Waals surface area contributed by atoms with E-state index in [1.807, 2.05) is 0 Å². The molecule has 4 rings (SSSR count). The van der Waals surface area contributed by atoms with Gasteiger partial charge in [0.15, 0.2) is 5.84 Å². The Hall–Kier alpha value is -3.50. The van der Waals surface area contributed by atoms with Crippen LogP contribution in [0.1, 0.15) is 29.0 Å². The van der Waals surface area contributed by atoms with Crippen molar-refractivity contribution < 1.29 is 44.0 Å². The van der Waals surface area contributed by atoms with Gasteiger partial charge in [-0.2, -0.15) is 26.3 Å². The standard InChI is InChI=1S/C21H17F6N5O4S/c1-37(33,34)32(9-11-2-4-12(5-3-11)17-28-20(36-31-17)21(25,26)27)10-14-7-6-13(8-15(14)22)18-29-30-19(35-18)16(23)24/h2-8,16,20H,9-10H2,1H3,(H,28,31). The summed E-state index contributed by atoms with van der Waals surface area (Å²) in [6.07, 6.45) is -9.08. The third kappa shape index (κ3) is 6.26. The van der Waals surface area contributed by atoms with Gasteiger partial charge in [0.25, 0.3) is 12.1 Å². The molecule has 1 aromatic heterocycles. The van der Waals surface area contributed by atoms with E-state index >= 15 is 0 Å². The van der Waals surface area contributed by atoms with Crippen LogP contribution in [0.4, 0.5) is 26.3 Å². The number of aliphatic imine (C=N–C) groups is 1. The Bertz CT molecular complexity index is 1410. The van der Waals surface area contributed by atoms with Gasteiger partial charge < -0.3 is 4.42 Å². The predicted octanol–water partition coefficient (Wildman–Crippen LogP) is 3.94. The molecule has 198 valence electrons. The highest BCUT2D eigenvalue weighted by Crippen LogP contribution is 2.27. The summed E-state index contributed by atoms with van der Waals surface area (Å²) >= 11 is 0. The Morgan fingerprint density at radius 1 is 1.05 bits per heavy atom. The molecule has 1 unspecified atom stereocenters. The zero-order valence-electron chi connectivity index (χ0n) is 18.7. The Morgan fingerprint density at radius 2 is 1.73 bits per heavy atom. The van der Waals surface area contributed by atoms with Crippen LogP contribution in [0.3, 0.4) is 0 Å². The van der Waals surface area contributed by atoms with Gasteiger partial charge >= 0.3 is 12.6 Å². The molecule has 1 atom stereocenters. The lowest BCUT2D eigenvalue weighted by Gasteiger charge is -2.21. The molecular weight excluding hydrogens is 532 g/mol. The number of nitrogens with zero attached hydrogens (tertiary/aromatic N) is 4. The van der Waals surface area contributed by atoms with Crippen molar-refractivity contribution in [3.63, 3.8) is 0 Å². The van der Waals surface area contributed by atoms with E-state index in [1.54, 1.807) is 0 Å². The zero-order chi connectivity index (χ0) is 27.0. The molecule has 0 radical (unpaired) electrons. The number of hydroxylamine groups is 1. The minimum Gasteiger partial charge on any atom is -0.415 e. The van der Waals surface area contributed by atoms with E-state index in [1.165, 1.54) is 36.4 Å². The summed E-state index contributed by atoms with van der Waals surface area (Å²) < 4.78 is 109. The van der Waals surface area contributed by atoms with Crippen LogP contribution < -0.4 is 5.48 Å². The Morgan fingerprint density at radius 3 is 2.27 bits per heavy atom. The number of halogens is 6. The monoisotopic (exact) mass is 549 g/mol. The summed E-state index contributed by atoms with van der Waals surface area (Å²) in [6, 6.07) is 9.36. The quantitative estimate of drug-likeness (QED) is 0.424. The third-order valence-corrected chi connectivity index (χ3v) is 6.32. The lowest BCUT2D eigenvalue weighted by Crippen LogP contribution is -2.29. The largest absolute Gasteiger partial charge is 0.437 e. The molecule has 9 nitrogen and oxygen atoms in total. The van der Waals surface area contributed by atoms with E-state index in [0.717, 1.165) is 16.6 Å². The SMILES string of the molecule is CS(=O)(=O)N(Cc1ccc(C2=NC(C(F)(F)F)ON2)cc1)Cc1ccc(-c2nnc(C(F)F)o2)cc1F. The van der Waals surface area contributed by atoms with Gasteiger partial charge in [-0.05, 0) is 17.7 Å². The number of hydrogen-bond acceptors (Lipinski definition) is 8. The molecule has 37 heavy (non-hydrogen) atoms. The van der Waals surface area contributed by atoms with Crippen LogP contribution in [-0.2, 0) is 28.0 Å². The zero-order valence-corrected chi connectivity index (χ0v) is 19.5. The number of benzene rings is 2. The first-order valence-electron chi connectivity index (χ1n) is 10.3. The Kier molecular flexibility index (Phi) is 7.25. The second-order valence-electron chi connectivity index (χ2n) is 7.87. The van der Waals surface area contributed by atoms with Gasteiger partial charge in [-0.25, -0.2) is 28.1 Å². The van der Waals surface area contributed by atoms with Crippen molar-refractivity contribution in [3.05, 3.63) is 70.9 Å². The number of sulfonamides is 1. The van der Waals surface area contributed by atoms with E-state index in [-0.39, 0.29) is 41.5 Å². The molecule has 0 aliphatic carbocycles. The minimum atomic E-state index is -4.68. The first-order chi connectivity index (χ1) is 17.3. The van der Waals surface area contributed by atoms with Crippen molar-refractivity contribution in [2.24, 2.45) is 4.99 Å². The fourth-order valence-electron chi connectivity index (χ4n) is 3.26. The van der Waals surface area contributed by atoms with Crippen LogP contribution in [0.5, 0.6) is 0 Å². The van der Waals surface area contributed by atoms with Crippen LogP contribution in [0.15, 0.2) is 51.9 Å².